The van der Waals surface area contributed by atoms with Crippen LogP contribution in [-0.4, -0.2) is 9.97 Å². The summed E-state index contributed by atoms with van der Waals surface area (Å²) in [6.45, 7) is 0. The fraction of sp³-hybridized carbons (Fsp3) is 0. The normalized spacial score (nSPS) is 13.6. The van der Waals surface area contributed by atoms with Gasteiger partial charge in [-0.3, -0.25) is 9.97 Å². The smallest absolute Gasteiger partial charge is 0.172 e. The van der Waals surface area contributed by atoms with Gasteiger partial charge in [-0.1, -0.05) is 78.9 Å². The van der Waals surface area contributed by atoms with Crippen molar-refractivity contribution in [3.05, 3.63) is 116 Å². The van der Waals surface area contributed by atoms with Crippen LogP contribution in [0.3, 0.4) is 0 Å². The number of nitrogens with zero attached hydrogens (tertiary/aromatic N) is 2. The molecule has 160 valence electrons. The molecule has 4 aromatic carbocycles. The predicted molar refractivity (Wildman–Crippen MR) is 141 cm³/mol. The first-order valence-electron chi connectivity index (χ1n) is 11.3. The summed E-state index contributed by atoms with van der Waals surface area (Å²) >= 11 is 0. The standard InChI is InChI=1S/C30H19N2OP/c33-34(20-8-2-1-3-9-20)27-12-6-4-10-23(27)29-25-18-31-16-14-21(25)22-15-17-32-19-26(22)30(29)24-11-5-7-13-28(24)34/h1-19H. The maximum absolute atomic E-state index is 15.4. The average molecular weight is 454 g/mol. The van der Waals surface area contributed by atoms with E-state index in [0.717, 1.165) is 59.7 Å². The molecule has 0 bridgehead atoms. The molecule has 0 unspecified atom stereocenters. The minimum absolute atomic E-state index is 0.840. The SMILES string of the molecule is O=P1(c2ccccc2)c2ccccc2-c2c(c3cnccc3c3ccncc23)-c2ccccc21. The van der Waals surface area contributed by atoms with Gasteiger partial charge in [-0.15, -0.1) is 0 Å². The monoisotopic (exact) mass is 454 g/mol. The van der Waals surface area contributed by atoms with Crippen molar-refractivity contribution in [3.8, 4) is 22.3 Å². The van der Waals surface area contributed by atoms with Gasteiger partial charge in [0, 0.05) is 62.6 Å². The third-order valence-electron chi connectivity index (χ3n) is 6.87. The highest BCUT2D eigenvalue weighted by molar-refractivity contribution is 7.85. The molecule has 0 radical (unpaired) electrons. The van der Waals surface area contributed by atoms with Crippen molar-refractivity contribution < 1.29 is 4.57 Å². The van der Waals surface area contributed by atoms with E-state index in [1.807, 2.05) is 91.5 Å². The zero-order valence-corrected chi connectivity index (χ0v) is 19.1. The molecule has 0 spiro atoms. The van der Waals surface area contributed by atoms with Crippen molar-refractivity contribution in [2.45, 2.75) is 0 Å². The topological polar surface area (TPSA) is 42.9 Å². The van der Waals surface area contributed by atoms with Crippen LogP contribution in [0, 0.1) is 0 Å². The van der Waals surface area contributed by atoms with Gasteiger partial charge in [-0.25, -0.2) is 0 Å². The molecule has 0 saturated heterocycles. The molecule has 4 heteroatoms. The largest absolute Gasteiger partial charge is 0.309 e. The molecule has 34 heavy (non-hydrogen) atoms. The van der Waals surface area contributed by atoms with Crippen LogP contribution in [0.5, 0.6) is 0 Å². The van der Waals surface area contributed by atoms with Gasteiger partial charge in [0.1, 0.15) is 0 Å². The van der Waals surface area contributed by atoms with E-state index >= 15 is 4.57 Å². The highest BCUT2D eigenvalue weighted by atomic mass is 31.2. The molecule has 0 saturated carbocycles. The molecule has 0 atom stereocenters. The molecule has 3 heterocycles. The minimum Gasteiger partial charge on any atom is -0.309 e. The van der Waals surface area contributed by atoms with E-state index in [1.54, 1.807) is 0 Å². The Kier molecular flexibility index (Phi) is 4.12. The van der Waals surface area contributed by atoms with Crippen LogP contribution in [-0.2, 0) is 4.57 Å². The van der Waals surface area contributed by atoms with Gasteiger partial charge >= 0.3 is 0 Å². The van der Waals surface area contributed by atoms with Crippen LogP contribution in [0.25, 0.3) is 43.8 Å². The highest BCUT2D eigenvalue weighted by Crippen LogP contribution is 2.54. The van der Waals surface area contributed by atoms with Crippen molar-refractivity contribution in [1.82, 2.24) is 9.97 Å². The fourth-order valence-corrected chi connectivity index (χ4v) is 8.50. The lowest BCUT2D eigenvalue weighted by Gasteiger charge is -2.22. The lowest BCUT2D eigenvalue weighted by Crippen LogP contribution is -2.26. The maximum atomic E-state index is 15.4. The maximum Gasteiger partial charge on any atom is 0.172 e. The van der Waals surface area contributed by atoms with Crippen molar-refractivity contribution in [2.75, 3.05) is 0 Å². The first-order valence-corrected chi connectivity index (χ1v) is 13.0. The highest BCUT2D eigenvalue weighted by Gasteiger charge is 2.38. The van der Waals surface area contributed by atoms with Gasteiger partial charge in [0.05, 0.1) is 0 Å². The Morgan fingerprint density at radius 1 is 0.500 bits per heavy atom. The first kappa shape index (κ1) is 19.4. The molecule has 6 aromatic rings. The number of pyridine rings is 2. The lowest BCUT2D eigenvalue weighted by atomic mass is 9.86. The van der Waals surface area contributed by atoms with E-state index in [4.69, 9.17) is 0 Å². The summed E-state index contributed by atoms with van der Waals surface area (Å²) in [6, 6.07) is 30.3. The van der Waals surface area contributed by atoms with Gasteiger partial charge in [0.25, 0.3) is 0 Å². The summed E-state index contributed by atoms with van der Waals surface area (Å²) in [6.07, 6.45) is 7.54. The molecular formula is C30H19N2OP. The summed E-state index contributed by atoms with van der Waals surface area (Å²) in [7, 11) is -3.17. The second kappa shape index (κ2) is 7.21. The Bertz CT molecular complexity index is 1680. The van der Waals surface area contributed by atoms with Crippen LogP contribution in [0.4, 0.5) is 0 Å². The molecule has 2 aromatic heterocycles. The second-order valence-corrected chi connectivity index (χ2v) is 11.3. The Balaban J connectivity index is 1.80. The molecular weight excluding hydrogens is 435 g/mol. The molecule has 1 aliphatic rings. The molecule has 0 N–H and O–H groups in total. The van der Waals surface area contributed by atoms with Crippen LogP contribution in [0.15, 0.2) is 116 Å². The third-order valence-corrected chi connectivity index (χ3v) is 10.0. The summed E-state index contributed by atoms with van der Waals surface area (Å²) < 4.78 is 15.4. The van der Waals surface area contributed by atoms with E-state index in [9.17, 15) is 0 Å². The second-order valence-electron chi connectivity index (χ2n) is 8.57. The molecule has 1 aliphatic heterocycles. The Labute approximate surface area is 197 Å². The van der Waals surface area contributed by atoms with Crippen molar-refractivity contribution in [2.24, 2.45) is 0 Å². The quantitative estimate of drug-likeness (QED) is 0.223. The van der Waals surface area contributed by atoms with E-state index in [2.05, 4.69) is 34.2 Å². The van der Waals surface area contributed by atoms with E-state index in [1.165, 1.54) is 0 Å². The molecule has 0 fully saturated rings. The number of aromatic nitrogens is 2. The summed E-state index contributed by atoms with van der Waals surface area (Å²) in [5.74, 6) is 0. The molecule has 0 amide bonds. The van der Waals surface area contributed by atoms with Crippen molar-refractivity contribution in [1.29, 1.82) is 0 Å². The summed E-state index contributed by atoms with van der Waals surface area (Å²) in [5.41, 5.74) is 4.12. The van der Waals surface area contributed by atoms with E-state index in [0.29, 0.717) is 0 Å². The molecule has 7 rings (SSSR count). The number of rotatable bonds is 1. The van der Waals surface area contributed by atoms with Crippen molar-refractivity contribution >= 4 is 44.6 Å². The van der Waals surface area contributed by atoms with E-state index < -0.39 is 7.14 Å². The van der Waals surface area contributed by atoms with Gasteiger partial charge < -0.3 is 4.57 Å². The lowest BCUT2D eigenvalue weighted by molar-refractivity contribution is 0.592. The Morgan fingerprint density at radius 2 is 0.971 bits per heavy atom. The molecule has 3 nitrogen and oxygen atoms in total. The number of hydrogen-bond donors (Lipinski definition) is 0. The van der Waals surface area contributed by atoms with Crippen LogP contribution < -0.4 is 15.9 Å². The van der Waals surface area contributed by atoms with Gasteiger partial charge in [0.15, 0.2) is 7.14 Å². The summed E-state index contributed by atoms with van der Waals surface area (Å²) in [4.78, 5) is 8.99. The Hall–Kier alpha value is -4.07. The van der Waals surface area contributed by atoms with Crippen LogP contribution >= 0.6 is 7.14 Å². The van der Waals surface area contributed by atoms with Crippen LogP contribution in [0.1, 0.15) is 0 Å². The number of hydrogen-bond acceptors (Lipinski definition) is 3. The number of benzene rings is 4. The average Bonchev–Trinajstić information content (AvgIpc) is 3.02. The minimum atomic E-state index is -3.17. The van der Waals surface area contributed by atoms with Crippen LogP contribution in [0.2, 0.25) is 0 Å². The zero-order valence-electron chi connectivity index (χ0n) is 18.2. The third kappa shape index (κ3) is 2.50. The predicted octanol–water partition coefficient (Wildman–Crippen LogP) is 6.07. The van der Waals surface area contributed by atoms with Crippen molar-refractivity contribution in [3.63, 3.8) is 0 Å². The first-order chi connectivity index (χ1) is 16.8. The zero-order chi connectivity index (χ0) is 22.7. The van der Waals surface area contributed by atoms with Gasteiger partial charge in [-0.05, 0) is 34.0 Å². The fourth-order valence-electron chi connectivity index (χ4n) is 5.45. The van der Waals surface area contributed by atoms with Gasteiger partial charge in [0.2, 0.25) is 0 Å². The summed E-state index contributed by atoms with van der Waals surface area (Å²) in [5, 5.41) is 6.92. The Morgan fingerprint density at radius 3 is 1.50 bits per heavy atom. The van der Waals surface area contributed by atoms with E-state index in [-0.39, 0.29) is 0 Å². The number of fused-ring (bicyclic) bond motifs is 10. The van der Waals surface area contributed by atoms with Gasteiger partial charge in [-0.2, -0.15) is 0 Å². The molecule has 0 aliphatic carbocycles.